The molecule has 5 heteroatoms. The standard InChI is InChI=1S/C37H72O5/c1-4-7-10-13-16-18-19-21-22-24-27-30-36(38)41-34-35(33-40-32-29-26-15-12-9-6-3)42-37(39)31-28-25-23-20-17-14-11-8-5-2/h35H,4-34H2,1-3H3. The van der Waals surface area contributed by atoms with Crippen molar-refractivity contribution in [2.45, 2.75) is 207 Å². The van der Waals surface area contributed by atoms with Crippen LogP contribution in [0.5, 0.6) is 0 Å². The third-order valence-corrected chi connectivity index (χ3v) is 8.14. The molecule has 0 rings (SSSR count). The monoisotopic (exact) mass is 597 g/mol. The lowest BCUT2D eigenvalue weighted by molar-refractivity contribution is -0.163. The summed E-state index contributed by atoms with van der Waals surface area (Å²) in [6, 6.07) is 0. The molecule has 0 saturated heterocycles. The zero-order valence-electron chi connectivity index (χ0n) is 28.5. The van der Waals surface area contributed by atoms with Crippen LogP contribution in [0.1, 0.15) is 201 Å². The normalized spacial score (nSPS) is 12.0. The Morgan fingerprint density at radius 3 is 1.21 bits per heavy atom. The van der Waals surface area contributed by atoms with Crippen LogP contribution in [0, 0.1) is 0 Å². The zero-order valence-corrected chi connectivity index (χ0v) is 28.5. The second-order valence-electron chi connectivity index (χ2n) is 12.5. The van der Waals surface area contributed by atoms with E-state index in [9.17, 15) is 9.59 Å². The van der Waals surface area contributed by atoms with Crippen LogP contribution in [-0.4, -0.2) is 37.9 Å². The minimum Gasteiger partial charge on any atom is -0.462 e. The van der Waals surface area contributed by atoms with E-state index in [0.29, 0.717) is 26.1 Å². The Kier molecular flexibility index (Phi) is 33.5. The molecule has 0 aliphatic heterocycles. The summed E-state index contributed by atoms with van der Waals surface area (Å²) < 4.78 is 17.1. The van der Waals surface area contributed by atoms with Crippen molar-refractivity contribution in [2.75, 3.05) is 19.8 Å². The van der Waals surface area contributed by atoms with Gasteiger partial charge in [-0.05, 0) is 19.3 Å². The predicted octanol–water partition coefficient (Wildman–Crippen LogP) is 11.4. The molecule has 0 radical (unpaired) electrons. The van der Waals surface area contributed by atoms with Gasteiger partial charge in [-0.2, -0.15) is 0 Å². The number of carbonyl (C=O) groups excluding carboxylic acids is 2. The maximum absolute atomic E-state index is 12.5. The maximum Gasteiger partial charge on any atom is 0.306 e. The van der Waals surface area contributed by atoms with E-state index >= 15 is 0 Å². The number of esters is 2. The Bertz CT molecular complexity index is 564. The highest BCUT2D eigenvalue weighted by atomic mass is 16.6. The lowest BCUT2D eigenvalue weighted by atomic mass is 10.1. The molecule has 1 unspecified atom stereocenters. The Morgan fingerprint density at radius 1 is 0.429 bits per heavy atom. The molecular formula is C37H72O5. The summed E-state index contributed by atoms with van der Waals surface area (Å²) in [5.74, 6) is -0.394. The molecule has 0 aromatic carbocycles. The van der Waals surface area contributed by atoms with Crippen molar-refractivity contribution in [2.24, 2.45) is 0 Å². The predicted molar refractivity (Wildman–Crippen MR) is 178 cm³/mol. The first kappa shape index (κ1) is 40.9. The molecule has 0 heterocycles. The van der Waals surface area contributed by atoms with E-state index in [1.165, 1.54) is 128 Å². The second-order valence-corrected chi connectivity index (χ2v) is 12.5. The summed E-state index contributed by atoms with van der Waals surface area (Å²) in [4.78, 5) is 24.9. The van der Waals surface area contributed by atoms with Gasteiger partial charge in [-0.1, -0.05) is 168 Å². The van der Waals surface area contributed by atoms with Gasteiger partial charge in [-0.15, -0.1) is 0 Å². The second kappa shape index (κ2) is 34.4. The summed E-state index contributed by atoms with van der Waals surface area (Å²) in [6.45, 7) is 7.78. The number of hydrogen-bond acceptors (Lipinski definition) is 5. The fraction of sp³-hybridized carbons (Fsp3) is 0.946. The number of rotatable bonds is 34. The first-order valence-corrected chi connectivity index (χ1v) is 18.6. The van der Waals surface area contributed by atoms with Crippen molar-refractivity contribution in [3.05, 3.63) is 0 Å². The third-order valence-electron chi connectivity index (χ3n) is 8.14. The summed E-state index contributed by atoms with van der Waals surface area (Å²) >= 11 is 0. The van der Waals surface area contributed by atoms with Gasteiger partial charge in [0.25, 0.3) is 0 Å². The SMILES string of the molecule is CCCCCCCCCCCCCC(=O)OCC(COCCCCCCCC)OC(=O)CCCCCCCCCCC. The first-order valence-electron chi connectivity index (χ1n) is 18.6. The average Bonchev–Trinajstić information content (AvgIpc) is 2.99. The first-order chi connectivity index (χ1) is 20.6. The van der Waals surface area contributed by atoms with Crippen LogP contribution in [0.15, 0.2) is 0 Å². The van der Waals surface area contributed by atoms with E-state index in [1.807, 2.05) is 0 Å². The van der Waals surface area contributed by atoms with E-state index in [0.717, 1.165) is 38.5 Å². The van der Waals surface area contributed by atoms with Gasteiger partial charge in [0.05, 0.1) is 6.61 Å². The molecule has 0 aromatic heterocycles. The van der Waals surface area contributed by atoms with Crippen molar-refractivity contribution in [1.29, 1.82) is 0 Å². The topological polar surface area (TPSA) is 61.8 Å². The van der Waals surface area contributed by atoms with Crippen molar-refractivity contribution in [1.82, 2.24) is 0 Å². The van der Waals surface area contributed by atoms with Crippen molar-refractivity contribution in [3.8, 4) is 0 Å². The van der Waals surface area contributed by atoms with Gasteiger partial charge >= 0.3 is 11.9 Å². The minimum absolute atomic E-state index is 0.0941. The molecule has 0 fully saturated rings. The van der Waals surface area contributed by atoms with Crippen LogP contribution in [0.2, 0.25) is 0 Å². The van der Waals surface area contributed by atoms with Gasteiger partial charge in [0.1, 0.15) is 6.61 Å². The van der Waals surface area contributed by atoms with Crippen molar-refractivity contribution < 1.29 is 23.8 Å². The molecule has 5 nitrogen and oxygen atoms in total. The maximum atomic E-state index is 12.5. The molecule has 0 amide bonds. The Labute approximate surface area is 262 Å². The van der Waals surface area contributed by atoms with Crippen LogP contribution in [0.4, 0.5) is 0 Å². The highest BCUT2D eigenvalue weighted by molar-refractivity contribution is 5.70. The lowest BCUT2D eigenvalue weighted by Crippen LogP contribution is -2.30. The van der Waals surface area contributed by atoms with Crippen LogP contribution in [0.25, 0.3) is 0 Å². The molecular weight excluding hydrogens is 524 g/mol. The van der Waals surface area contributed by atoms with E-state index < -0.39 is 6.10 Å². The van der Waals surface area contributed by atoms with Gasteiger partial charge in [0.15, 0.2) is 6.10 Å². The molecule has 0 saturated carbocycles. The fourth-order valence-electron chi connectivity index (χ4n) is 5.33. The van der Waals surface area contributed by atoms with Crippen molar-refractivity contribution in [3.63, 3.8) is 0 Å². The van der Waals surface area contributed by atoms with Gasteiger partial charge in [0, 0.05) is 19.4 Å². The van der Waals surface area contributed by atoms with E-state index in [2.05, 4.69) is 20.8 Å². The van der Waals surface area contributed by atoms with Gasteiger partial charge in [-0.3, -0.25) is 9.59 Å². The van der Waals surface area contributed by atoms with Crippen LogP contribution < -0.4 is 0 Å². The van der Waals surface area contributed by atoms with Gasteiger partial charge in [-0.25, -0.2) is 0 Å². The summed E-state index contributed by atoms with van der Waals surface area (Å²) in [6.07, 6.45) is 32.4. The lowest BCUT2D eigenvalue weighted by Gasteiger charge is -2.18. The average molecular weight is 597 g/mol. The minimum atomic E-state index is -0.516. The summed E-state index contributed by atoms with van der Waals surface area (Å²) in [5, 5.41) is 0. The van der Waals surface area contributed by atoms with Gasteiger partial charge in [0.2, 0.25) is 0 Å². The quantitative estimate of drug-likeness (QED) is 0.0546. The van der Waals surface area contributed by atoms with Crippen LogP contribution >= 0.6 is 0 Å². The summed E-state index contributed by atoms with van der Waals surface area (Å²) in [7, 11) is 0. The highest BCUT2D eigenvalue weighted by Gasteiger charge is 2.17. The molecule has 0 aromatic rings. The Hall–Kier alpha value is -1.10. The molecule has 0 spiro atoms. The fourth-order valence-corrected chi connectivity index (χ4v) is 5.33. The van der Waals surface area contributed by atoms with Crippen LogP contribution in [-0.2, 0) is 23.8 Å². The third kappa shape index (κ3) is 31.8. The molecule has 0 N–H and O–H groups in total. The Morgan fingerprint density at radius 2 is 0.786 bits per heavy atom. The van der Waals surface area contributed by atoms with E-state index in [1.54, 1.807) is 0 Å². The summed E-state index contributed by atoms with van der Waals surface area (Å²) in [5.41, 5.74) is 0. The smallest absolute Gasteiger partial charge is 0.306 e. The largest absolute Gasteiger partial charge is 0.462 e. The van der Waals surface area contributed by atoms with E-state index in [4.69, 9.17) is 14.2 Å². The zero-order chi connectivity index (χ0) is 30.8. The molecule has 1 atom stereocenters. The molecule has 250 valence electrons. The number of hydrogen-bond donors (Lipinski definition) is 0. The van der Waals surface area contributed by atoms with Crippen molar-refractivity contribution >= 4 is 11.9 Å². The highest BCUT2D eigenvalue weighted by Crippen LogP contribution is 2.14. The molecule has 0 aliphatic carbocycles. The Balaban J connectivity index is 4.14. The van der Waals surface area contributed by atoms with Gasteiger partial charge < -0.3 is 14.2 Å². The number of unbranched alkanes of at least 4 members (excludes halogenated alkanes) is 23. The number of carbonyl (C=O) groups is 2. The molecule has 0 bridgehead atoms. The van der Waals surface area contributed by atoms with E-state index in [-0.39, 0.29) is 18.5 Å². The van der Waals surface area contributed by atoms with Crippen LogP contribution in [0.3, 0.4) is 0 Å². The molecule has 42 heavy (non-hydrogen) atoms. The molecule has 0 aliphatic rings. The number of ether oxygens (including phenoxy) is 3.